The van der Waals surface area contributed by atoms with E-state index in [1.165, 1.54) is 0 Å². The fourth-order valence-electron chi connectivity index (χ4n) is 3.20. The molecule has 0 aliphatic carbocycles. The predicted octanol–water partition coefficient (Wildman–Crippen LogP) is 6.47. The second kappa shape index (κ2) is 8.16. The number of anilines is 1. The maximum absolute atomic E-state index is 13.3. The molecule has 29 heavy (non-hydrogen) atoms. The van der Waals surface area contributed by atoms with Gasteiger partial charge in [0.1, 0.15) is 5.75 Å². The van der Waals surface area contributed by atoms with Gasteiger partial charge in [0.2, 0.25) is 0 Å². The van der Waals surface area contributed by atoms with Crippen LogP contribution < -0.4 is 9.64 Å². The summed E-state index contributed by atoms with van der Waals surface area (Å²) < 4.78 is 5.20. The maximum atomic E-state index is 13.3. The summed E-state index contributed by atoms with van der Waals surface area (Å²) in [6.07, 6.45) is 3.75. The molecule has 0 N–H and O–H groups in total. The zero-order valence-electron chi connectivity index (χ0n) is 15.6. The van der Waals surface area contributed by atoms with Crippen LogP contribution in [0.3, 0.4) is 0 Å². The number of nitrogens with zero attached hydrogens (tertiary/aromatic N) is 1. The lowest BCUT2D eigenvalue weighted by Crippen LogP contribution is -2.24. The van der Waals surface area contributed by atoms with Gasteiger partial charge in [-0.05, 0) is 65.7 Å². The van der Waals surface area contributed by atoms with Crippen molar-refractivity contribution in [3.05, 3.63) is 106 Å². The van der Waals surface area contributed by atoms with Crippen molar-refractivity contribution in [2.45, 2.75) is 0 Å². The normalized spacial score (nSPS) is 15.0. The van der Waals surface area contributed by atoms with E-state index in [0.29, 0.717) is 21.3 Å². The first-order chi connectivity index (χ1) is 14.0. The number of rotatable bonds is 4. The zero-order chi connectivity index (χ0) is 20.4. The first-order valence-corrected chi connectivity index (χ1v) is 9.74. The van der Waals surface area contributed by atoms with Gasteiger partial charge in [-0.15, -0.1) is 0 Å². The first kappa shape index (κ1) is 19.3. The van der Waals surface area contributed by atoms with Crippen LogP contribution >= 0.6 is 23.2 Å². The van der Waals surface area contributed by atoms with E-state index in [0.717, 1.165) is 22.6 Å². The van der Waals surface area contributed by atoms with Crippen LogP contribution in [0.15, 0.2) is 84.4 Å². The number of carbonyl (C=O) groups excluding carboxylic acids is 1. The Hall–Kier alpha value is -3.01. The molecule has 1 amide bonds. The Labute approximate surface area is 179 Å². The summed E-state index contributed by atoms with van der Waals surface area (Å²) in [5, 5.41) is 1.21. The maximum Gasteiger partial charge on any atom is 0.262 e. The molecule has 5 heteroatoms. The van der Waals surface area contributed by atoms with Crippen molar-refractivity contribution in [2.75, 3.05) is 12.0 Å². The van der Waals surface area contributed by atoms with E-state index in [-0.39, 0.29) is 5.91 Å². The highest BCUT2D eigenvalue weighted by Gasteiger charge is 2.30. The Bertz CT molecular complexity index is 1120. The molecular weight excluding hydrogens is 405 g/mol. The summed E-state index contributed by atoms with van der Waals surface area (Å²) in [5.41, 5.74) is 3.87. The van der Waals surface area contributed by atoms with Crippen LogP contribution in [0, 0.1) is 0 Å². The van der Waals surface area contributed by atoms with Crippen molar-refractivity contribution in [3.63, 3.8) is 0 Å². The number of ether oxygens (including phenoxy) is 1. The first-order valence-electron chi connectivity index (χ1n) is 8.98. The summed E-state index contributed by atoms with van der Waals surface area (Å²) in [4.78, 5) is 15.0. The van der Waals surface area contributed by atoms with Gasteiger partial charge < -0.3 is 4.74 Å². The summed E-state index contributed by atoms with van der Waals surface area (Å²) in [5.74, 6) is 0.649. The molecule has 3 aromatic carbocycles. The third-order valence-corrected chi connectivity index (χ3v) is 5.11. The highest BCUT2D eigenvalue weighted by Crippen LogP contribution is 2.36. The minimum Gasteiger partial charge on any atom is -0.497 e. The molecule has 0 fully saturated rings. The Morgan fingerprint density at radius 1 is 0.897 bits per heavy atom. The molecule has 0 spiro atoms. The van der Waals surface area contributed by atoms with Gasteiger partial charge in [-0.3, -0.25) is 9.69 Å². The largest absolute Gasteiger partial charge is 0.497 e. The van der Waals surface area contributed by atoms with Crippen LogP contribution in [0.1, 0.15) is 11.1 Å². The molecule has 0 bridgehead atoms. The summed E-state index contributed by atoms with van der Waals surface area (Å²) >= 11 is 12.2. The van der Waals surface area contributed by atoms with Gasteiger partial charge in [0, 0.05) is 15.6 Å². The van der Waals surface area contributed by atoms with E-state index in [4.69, 9.17) is 27.9 Å². The average Bonchev–Trinajstić information content (AvgIpc) is 3.05. The molecule has 3 nitrogen and oxygen atoms in total. The highest BCUT2D eigenvalue weighted by molar-refractivity contribution is 6.31. The lowest BCUT2D eigenvalue weighted by Gasteiger charge is -2.21. The molecule has 0 saturated heterocycles. The average molecular weight is 422 g/mol. The summed E-state index contributed by atoms with van der Waals surface area (Å²) in [7, 11) is 1.62. The molecule has 0 aromatic heterocycles. The molecule has 0 unspecified atom stereocenters. The van der Waals surface area contributed by atoms with Gasteiger partial charge in [-0.2, -0.15) is 0 Å². The number of methoxy groups -OCH3 is 1. The summed E-state index contributed by atoms with van der Waals surface area (Å²) in [6.45, 7) is 0. The molecule has 0 radical (unpaired) electrons. The molecule has 144 valence electrons. The molecular formula is C24H17Cl2NO2. The number of benzene rings is 3. The Kier molecular flexibility index (Phi) is 5.43. The third kappa shape index (κ3) is 4.07. The van der Waals surface area contributed by atoms with Crippen LogP contribution in [0.4, 0.5) is 5.69 Å². The minimum atomic E-state index is -0.118. The SMILES string of the molecule is COc1ccc(/C=C2/C=C(c3ccc(Cl)cc3)N(c3cccc(Cl)c3)C2=O)cc1. The Morgan fingerprint density at radius 2 is 1.62 bits per heavy atom. The van der Waals surface area contributed by atoms with Crippen LogP contribution in [-0.4, -0.2) is 13.0 Å². The van der Waals surface area contributed by atoms with Gasteiger partial charge in [-0.25, -0.2) is 0 Å². The fourth-order valence-corrected chi connectivity index (χ4v) is 3.51. The summed E-state index contributed by atoms with van der Waals surface area (Å²) in [6, 6.07) is 22.2. The van der Waals surface area contributed by atoms with Gasteiger partial charge >= 0.3 is 0 Å². The minimum absolute atomic E-state index is 0.118. The van der Waals surface area contributed by atoms with Gasteiger partial charge in [0.15, 0.2) is 0 Å². The standard InChI is InChI=1S/C24H17Cl2NO2/c1-29-22-11-5-16(6-12-22)13-18-14-23(17-7-9-19(25)10-8-17)27(24(18)28)21-4-2-3-20(26)15-21/h2-15H,1H3/b18-13-. The van der Waals surface area contributed by atoms with E-state index in [1.54, 1.807) is 24.1 Å². The van der Waals surface area contributed by atoms with E-state index >= 15 is 0 Å². The topological polar surface area (TPSA) is 29.5 Å². The zero-order valence-corrected chi connectivity index (χ0v) is 17.1. The molecule has 1 aliphatic rings. The number of carbonyl (C=O) groups is 1. The number of amides is 1. The van der Waals surface area contributed by atoms with E-state index < -0.39 is 0 Å². The van der Waals surface area contributed by atoms with E-state index in [2.05, 4.69) is 0 Å². The van der Waals surface area contributed by atoms with Crippen molar-refractivity contribution < 1.29 is 9.53 Å². The van der Waals surface area contributed by atoms with Gasteiger partial charge in [-0.1, -0.05) is 53.5 Å². The lowest BCUT2D eigenvalue weighted by atomic mass is 10.1. The van der Waals surface area contributed by atoms with Gasteiger partial charge in [0.05, 0.1) is 18.5 Å². The molecule has 1 aliphatic heterocycles. The molecule has 0 atom stereocenters. The molecule has 1 heterocycles. The number of hydrogen-bond donors (Lipinski definition) is 0. The van der Waals surface area contributed by atoms with Crippen LogP contribution in [0.5, 0.6) is 5.75 Å². The van der Waals surface area contributed by atoms with Crippen molar-refractivity contribution in [3.8, 4) is 5.75 Å². The monoisotopic (exact) mass is 421 g/mol. The predicted molar refractivity (Wildman–Crippen MR) is 119 cm³/mol. The van der Waals surface area contributed by atoms with Crippen LogP contribution in [0.2, 0.25) is 10.0 Å². The van der Waals surface area contributed by atoms with Crippen LogP contribution in [-0.2, 0) is 4.79 Å². The quantitative estimate of drug-likeness (QED) is 0.451. The third-order valence-electron chi connectivity index (χ3n) is 4.63. The number of halogens is 2. The van der Waals surface area contributed by atoms with E-state index in [9.17, 15) is 4.79 Å². The van der Waals surface area contributed by atoms with Crippen LogP contribution in [0.25, 0.3) is 11.8 Å². The highest BCUT2D eigenvalue weighted by atomic mass is 35.5. The van der Waals surface area contributed by atoms with Gasteiger partial charge in [0.25, 0.3) is 5.91 Å². The van der Waals surface area contributed by atoms with Crippen molar-refractivity contribution in [2.24, 2.45) is 0 Å². The Morgan fingerprint density at radius 3 is 2.28 bits per heavy atom. The molecule has 0 saturated carbocycles. The van der Waals surface area contributed by atoms with Crippen molar-refractivity contribution >= 4 is 46.6 Å². The molecule has 3 aromatic rings. The number of hydrogen-bond acceptors (Lipinski definition) is 2. The van der Waals surface area contributed by atoms with E-state index in [1.807, 2.05) is 72.8 Å². The van der Waals surface area contributed by atoms with Crippen molar-refractivity contribution in [1.29, 1.82) is 0 Å². The second-order valence-corrected chi connectivity index (χ2v) is 7.40. The molecule has 4 rings (SSSR count). The smallest absolute Gasteiger partial charge is 0.262 e. The van der Waals surface area contributed by atoms with Crippen molar-refractivity contribution in [1.82, 2.24) is 0 Å². The fraction of sp³-hybridized carbons (Fsp3) is 0.0417. The lowest BCUT2D eigenvalue weighted by molar-refractivity contribution is -0.113. The Balaban J connectivity index is 1.80. The second-order valence-electron chi connectivity index (χ2n) is 6.53.